The lowest BCUT2D eigenvalue weighted by molar-refractivity contribution is -0.147. The van der Waals surface area contributed by atoms with E-state index in [0.29, 0.717) is 16.0 Å². The second-order valence-electron chi connectivity index (χ2n) is 14.1. The number of anilines is 2. The van der Waals surface area contributed by atoms with E-state index in [9.17, 15) is 33.1 Å². The highest BCUT2D eigenvalue weighted by molar-refractivity contribution is 9.10. The molecule has 1 aliphatic rings. The zero-order valence-electron chi connectivity index (χ0n) is 32.0. The summed E-state index contributed by atoms with van der Waals surface area (Å²) in [6.07, 6.45) is 0.575. The van der Waals surface area contributed by atoms with Crippen molar-refractivity contribution in [3.05, 3.63) is 87.6 Å². The zero-order valence-corrected chi connectivity index (χ0v) is 35.1. The molecular weight excluding hydrogens is 864 g/mol. The summed E-state index contributed by atoms with van der Waals surface area (Å²) in [5.74, 6) is -1.46. The minimum Gasteiger partial charge on any atom is -0.420 e. The Morgan fingerprint density at radius 1 is 1.10 bits per heavy atom. The molecule has 1 fully saturated rings. The van der Waals surface area contributed by atoms with Gasteiger partial charge in [-0.2, -0.15) is 0 Å². The maximum absolute atomic E-state index is 13.8. The summed E-state index contributed by atoms with van der Waals surface area (Å²) in [7, 11) is 0. The van der Waals surface area contributed by atoms with Crippen LogP contribution >= 0.6 is 38.9 Å². The quantitative estimate of drug-likeness (QED) is 0.0629. The molecule has 14 nitrogen and oxygen atoms in total. The number of hydrogen-bond donors (Lipinski definition) is 5. The fraction of sp³-hybridized carbons (Fsp3) is 0.385. The van der Waals surface area contributed by atoms with Crippen molar-refractivity contribution in [1.82, 2.24) is 25.5 Å². The molecular formula is C39H43BrClF2N7O7S. The van der Waals surface area contributed by atoms with Gasteiger partial charge < -0.3 is 40.7 Å². The standard InChI is InChI=1S/C39H43BrClF2N7O7S/c1-22-33(58-21-47-22)25-7-5-24(6-8-25)17-46-36(54)31-16-28(51)19-50(31)37(55)38(3,4)23(2)48-32(52)20-56-14-13-44-34-30(40)15-26(18-45-34)35(53)49-27-9-11-29(12-10-27)57-39(41,42)43/h5-12,15,18,21,23,28,31,51H,13-14,16-17,19-20H2,1-4H3,(H,44,45)(H,46,54)(H,48,52)(H,49,53)/t23-,28+,31-/m0/s1. The van der Waals surface area contributed by atoms with Gasteiger partial charge in [0.2, 0.25) is 17.7 Å². The van der Waals surface area contributed by atoms with Gasteiger partial charge in [0.25, 0.3) is 5.91 Å². The lowest BCUT2D eigenvalue weighted by Gasteiger charge is -2.36. The van der Waals surface area contributed by atoms with Gasteiger partial charge in [-0.1, -0.05) is 24.3 Å². The molecule has 2 aromatic carbocycles. The van der Waals surface area contributed by atoms with Crippen molar-refractivity contribution < 1.29 is 42.5 Å². The largest absolute Gasteiger partial charge is 0.487 e. The number of aliphatic hydroxyl groups excluding tert-OH is 1. The number of aromatic nitrogens is 2. The molecule has 310 valence electrons. The third-order valence-electron chi connectivity index (χ3n) is 9.50. The number of rotatable bonds is 17. The first-order chi connectivity index (χ1) is 27.4. The van der Waals surface area contributed by atoms with E-state index in [1.807, 2.05) is 31.2 Å². The molecule has 0 aliphatic carbocycles. The summed E-state index contributed by atoms with van der Waals surface area (Å²) in [6.45, 7) is 7.35. The molecule has 4 amide bonds. The van der Waals surface area contributed by atoms with Crippen LogP contribution in [0.4, 0.5) is 20.3 Å². The normalized spacial score (nSPS) is 16.1. The minimum atomic E-state index is -3.86. The number of carbonyl (C=O) groups excluding carboxylic acids is 4. The first kappa shape index (κ1) is 44.4. The Morgan fingerprint density at radius 3 is 2.45 bits per heavy atom. The summed E-state index contributed by atoms with van der Waals surface area (Å²) in [4.78, 5) is 63.6. The molecule has 0 unspecified atom stereocenters. The van der Waals surface area contributed by atoms with Gasteiger partial charge in [0.15, 0.2) is 0 Å². The lowest BCUT2D eigenvalue weighted by atomic mass is 9.83. The van der Waals surface area contributed by atoms with Crippen molar-refractivity contribution in [2.75, 3.05) is 36.9 Å². The highest BCUT2D eigenvalue weighted by Gasteiger charge is 2.46. The summed E-state index contributed by atoms with van der Waals surface area (Å²) >= 11 is 9.70. The molecule has 3 atom stereocenters. The number of β-amino-alcohol motifs (C(OH)–C–C–N with tert-alkyl or cyclic N) is 1. The molecule has 58 heavy (non-hydrogen) atoms. The monoisotopic (exact) mass is 905 g/mol. The van der Waals surface area contributed by atoms with Crippen LogP contribution in [-0.2, 0) is 25.7 Å². The second kappa shape index (κ2) is 19.3. The van der Waals surface area contributed by atoms with Gasteiger partial charge in [0, 0.05) is 55.6 Å². The number of nitrogens with one attached hydrogen (secondary N) is 4. The third kappa shape index (κ3) is 11.9. The molecule has 5 rings (SSSR count). The molecule has 3 heterocycles. The molecule has 0 spiro atoms. The fourth-order valence-electron chi connectivity index (χ4n) is 6.01. The summed E-state index contributed by atoms with van der Waals surface area (Å²) < 4.78 is 35.9. The van der Waals surface area contributed by atoms with Crippen LogP contribution in [0, 0.1) is 12.3 Å². The van der Waals surface area contributed by atoms with Crippen LogP contribution in [0.1, 0.15) is 48.8 Å². The molecule has 0 radical (unpaired) electrons. The number of alkyl halides is 3. The van der Waals surface area contributed by atoms with E-state index in [1.54, 1.807) is 37.6 Å². The zero-order chi connectivity index (χ0) is 42.2. The predicted octanol–water partition coefficient (Wildman–Crippen LogP) is 5.93. The Balaban J connectivity index is 1.03. The first-order valence-corrected chi connectivity index (χ1v) is 20.2. The summed E-state index contributed by atoms with van der Waals surface area (Å²) in [6, 6.07) is 13.0. The predicted molar refractivity (Wildman–Crippen MR) is 219 cm³/mol. The van der Waals surface area contributed by atoms with Crippen LogP contribution in [0.15, 0.2) is 70.8 Å². The van der Waals surface area contributed by atoms with Gasteiger partial charge in [0.05, 0.1) is 44.2 Å². The number of hydrogen-bond acceptors (Lipinski definition) is 11. The van der Waals surface area contributed by atoms with Crippen LogP contribution < -0.4 is 26.0 Å². The van der Waals surface area contributed by atoms with Crippen molar-refractivity contribution in [3.63, 3.8) is 0 Å². The average Bonchev–Trinajstić information content (AvgIpc) is 3.79. The smallest absolute Gasteiger partial charge is 0.420 e. The number of halogens is 4. The number of benzene rings is 2. The number of likely N-dealkylation sites (tertiary alicyclic amines) is 1. The van der Waals surface area contributed by atoms with Gasteiger partial charge in [-0.25, -0.2) is 9.97 Å². The number of ether oxygens (including phenoxy) is 2. The van der Waals surface area contributed by atoms with Crippen LogP contribution in [0.5, 0.6) is 5.75 Å². The maximum Gasteiger partial charge on any atom is 0.487 e. The summed E-state index contributed by atoms with van der Waals surface area (Å²) in [5.41, 5.74) is 0.235. The Kier molecular flexibility index (Phi) is 14.8. The molecule has 0 bridgehead atoms. The van der Waals surface area contributed by atoms with E-state index in [-0.39, 0.29) is 62.4 Å². The van der Waals surface area contributed by atoms with E-state index < -0.39 is 41.0 Å². The van der Waals surface area contributed by atoms with Crippen LogP contribution in [0.25, 0.3) is 10.4 Å². The second-order valence-corrected chi connectivity index (χ2v) is 16.3. The SMILES string of the molecule is Cc1ncsc1-c1ccc(CNC(=O)[C@@H]2C[C@@H](O)CN2C(=O)C(C)(C)[C@H](C)NC(=O)COCCNc2ncc(C(=O)Nc3ccc(OC(F)(F)Cl)cc3)cc2Br)cc1. The summed E-state index contributed by atoms with van der Waals surface area (Å²) in [5, 5.41) is 21.9. The third-order valence-corrected chi connectivity index (χ3v) is 11.2. The van der Waals surface area contributed by atoms with Gasteiger partial charge in [-0.15, -0.1) is 20.1 Å². The van der Waals surface area contributed by atoms with Gasteiger partial charge in [-0.3, -0.25) is 19.2 Å². The van der Waals surface area contributed by atoms with E-state index in [2.05, 4.69) is 51.9 Å². The topological polar surface area (TPSA) is 184 Å². The number of aliphatic hydroxyl groups is 1. The fourth-order valence-corrected chi connectivity index (χ4v) is 7.40. The molecule has 1 saturated heterocycles. The Labute approximate surface area is 351 Å². The van der Waals surface area contributed by atoms with E-state index in [1.165, 1.54) is 41.4 Å². The van der Waals surface area contributed by atoms with Gasteiger partial charge in [0.1, 0.15) is 24.2 Å². The van der Waals surface area contributed by atoms with Crippen LogP contribution in [0.3, 0.4) is 0 Å². The molecule has 5 N–H and O–H groups in total. The highest BCUT2D eigenvalue weighted by Crippen LogP contribution is 2.31. The van der Waals surface area contributed by atoms with Crippen LogP contribution in [0.2, 0.25) is 0 Å². The first-order valence-electron chi connectivity index (χ1n) is 18.1. The highest BCUT2D eigenvalue weighted by atomic mass is 79.9. The van der Waals surface area contributed by atoms with Gasteiger partial charge >= 0.3 is 5.57 Å². The molecule has 2 aromatic heterocycles. The minimum absolute atomic E-state index is 0.00521. The molecule has 0 saturated carbocycles. The van der Waals surface area contributed by atoms with Crippen molar-refractivity contribution in [2.24, 2.45) is 5.41 Å². The van der Waals surface area contributed by atoms with Crippen molar-refractivity contribution >= 4 is 74.0 Å². The number of aryl methyl sites for hydroxylation is 1. The van der Waals surface area contributed by atoms with Crippen molar-refractivity contribution in [2.45, 2.75) is 64.4 Å². The number of amides is 4. The molecule has 1 aliphatic heterocycles. The number of thiazole rings is 1. The Hall–Kier alpha value is -4.75. The van der Waals surface area contributed by atoms with Crippen molar-refractivity contribution in [1.29, 1.82) is 0 Å². The number of carbonyl (C=O) groups is 4. The lowest BCUT2D eigenvalue weighted by Crippen LogP contribution is -2.56. The van der Waals surface area contributed by atoms with Crippen molar-refractivity contribution in [3.8, 4) is 16.2 Å². The molecule has 4 aromatic rings. The van der Waals surface area contributed by atoms with E-state index in [4.69, 9.17) is 16.3 Å². The number of nitrogens with zero attached hydrogens (tertiary/aromatic N) is 3. The molecule has 19 heteroatoms. The van der Waals surface area contributed by atoms with E-state index >= 15 is 0 Å². The Morgan fingerprint density at radius 2 is 1.81 bits per heavy atom. The van der Waals surface area contributed by atoms with E-state index in [0.717, 1.165) is 21.7 Å². The average molecular weight is 907 g/mol. The number of pyridine rings is 1. The van der Waals surface area contributed by atoms with Gasteiger partial charge in [-0.05, 0) is 85.1 Å². The van der Waals surface area contributed by atoms with Crippen LogP contribution in [-0.4, -0.2) is 93.7 Å². The maximum atomic E-state index is 13.8. The Bertz CT molecular complexity index is 2090.